The van der Waals surface area contributed by atoms with Gasteiger partial charge in [-0.05, 0) is 51.3 Å². The molecule has 0 aromatic rings. The normalized spacial score (nSPS) is 12.7. The third kappa shape index (κ3) is 5.92. The van der Waals surface area contributed by atoms with Crippen LogP contribution in [-0.2, 0) is 0 Å². The summed E-state index contributed by atoms with van der Waals surface area (Å²) in [4.78, 5) is 2.23. The second-order valence-corrected chi connectivity index (χ2v) is 5.08. The van der Waals surface area contributed by atoms with E-state index in [2.05, 4.69) is 50.6 Å². The van der Waals surface area contributed by atoms with E-state index in [9.17, 15) is 0 Å². The molecule has 0 heterocycles. The van der Waals surface area contributed by atoms with Gasteiger partial charge in [-0.25, -0.2) is 0 Å². The minimum absolute atomic E-state index is 0.987. The molecule has 0 aliphatic rings. The Morgan fingerprint density at radius 1 is 1.05 bits per heavy atom. The van der Waals surface area contributed by atoms with Gasteiger partial charge in [-0.2, -0.15) is 0 Å². The van der Waals surface area contributed by atoms with Crippen molar-refractivity contribution in [3.05, 3.63) is 72.2 Å². The van der Waals surface area contributed by atoms with E-state index in [0.29, 0.717) is 0 Å². The predicted octanol–water partition coefficient (Wildman–Crippen LogP) is 5.77. The minimum Gasteiger partial charge on any atom is -0.350 e. The maximum Gasteiger partial charge on any atom is 0.0221 e. The molecule has 110 valence electrons. The Kier molecular flexibility index (Phi) is 8.38. The Labute approximate surface area is 125 Å². The Morgan fingerprint density at radius 2 is 1.65 bits per heavy atom. The summed E-state index contributed by atoms with van der Waals surface area (Å²) in [5.74, 6) is 0. The Morgan fingerprint density at radius 3 is 2.05 bits per heavy atom. The molecule has 20 heavy (non-hydrogen) atoms. The Hall–Kier alpha value is -1.76. The quantitative estimate of drug-likeness (QED) is 0.506. The monoisotopic (exact) mass is 271 g/mol. The summed E-state index contributed by atoms with van der Waals surface area (Å²) in [6.07, 6.45) is 9.30. The van der Waals surface area contributed by atoms with Crippen LogP contribution in [-0.4, -0.2) is 11.4 Å². The van der Waals surface area contributed by atoms with E-state index < -0.39 is 0 Å². The lowest BCUT2D eigenvalue weighted by atomic mass is 10.0. The average Bonchev–Trinajstić information content (AvgIpc) is 2.35. The smallest absolute Gasteiger partial charge is 0.0221 e. The largest absolute Gasteiger partial charge is 0.350 e. The van der Waals surface area contributed by atoms with Crippen LogP contribution in [0, 0.1) is 0 Å². The van der Waals surface area contributed by atoms with Crippen LogP contribution >= 0.6 is 0 Å². The summed E-state index contributed by atoms with van der Waals surface area (Å²) in [5, 5.41) is 0. The van der Waals surface area contributed by atoms with Gasteiger partial charge in [0.25, 0.3) is 0 Å². The molecule has 0 saturated carbocycles. The lowest BCUT2D eigenvalue weighted by Crippen LogP contribution is -2.19. The van der Waals surface area contributed by atoms with Crippen LogP contribution in [0.15, 0.2) is 72.2 Å². The number of allylic oxidation sites excluding steroid dienone is 9. The first-order valence-electron chi connectivity index (χ1n) is 7.14. The van der Waals surface area contributed by atoms with Gasteiger partial charge in [-0.1, -0.05) is 50.5 Å². The first-order valence-corrected chi connectivity index (χ1v) is 7.14. The summed E-state index contributed by atoms with van der Waals surface area (Å²) in [5.41, 5.74) is 5.35. The fraction of sp³-hybridized carbons (Fsp3) is 0.368. The van der Waals surface area contributed by atoms with E-state index in [4.69, 9.17) is 0 Å². The highest BCUT2D eigenvalue weighted by molar-refractivity contribution is 5.50. The maximum absolute atomic E-state index is 4.08. The molecular formula is C19H29N. The molecule has 0 aromatic carbocycles. The first-order chi connectivity index (χ1) is 9.34. The van der Waals surface area contributed by atoms with Gasteiger partial charge in [0.05, 0.1) is 0 Å². The van der Waals surface area contributed by atoms with Gasteiger partial charge in [0.15, 0.2) is 0 Å². The van der Waals surface area contributed by atoms with Crippen LogP contribution in [0.3, 0.4) is 0 Å². The topological polar surface area (TPSA) is 3.24 Å². The van der Waals surface area contributed by atoms with E-state index >= 15 is 0 Å². The standard InChI is InChI=1S/C19H29N/c1-9-11-17(7)19(15(3)4)13-12-18(8)20(14-10-2)16(5)6/h9,11-13H,3,5,7,10,14H2,1-2,4,6,8H3/b11-9-,18-12+,19-13+. The van der Waals surface area contributed by atoms with Crippen LogP contribution in [0.25, 0.3) is 0 Å². The molecule has 0 saturated heterocycles. The van der Waals surface area contributed by atoms with Gasteiger partial charge < -0.3 is 4.90 Å². The summed E-state index contributed by atoms with van der Waals surface area (Å²) in [7, 11) is 0. The van der Waals surface area contributed by atoms with Crippen LogP contribution in [0.1, 0.15) is 41.0 Å². The summed E-state index contributed by atoms with van der Waals surface area (Å²) >= 11 is 0. The highest BCUT2D eigenvalue weighted by Gasteiger charge is 2.05. The molecule has 0 aromatic heterocycles. The van der Waals surface area contributed by atoms with Gasteiger partial charge in [0, 0.05) is 17.9 Å². The Bertz CT molecular complexity index is 458. The number of hydrogen-bond acceptors (Lipinski definition) is 1. The summed E-state index contributed by atoms with van der Waals surface area (Å²) in [6.45, 7) is 23.5. The zero-order valence-electron chi connectivity index (χ0n) is 13.8. The summed E-state index contributed by atoms with van der Waals surface area (Å²) in [6, 6.07) is 0. The highest BCUT2D eigenvalue weighted by atomic mass is 15.1. The molecule has 0 rings (SSSR count). The van der Waals surface area contributed by atoms with Crippen LogP contribution in [0.5, 0.6) is 0 Å². The van der Waals surface area contributed by atoms with E-state index in [0.717, 1.165) is 35.4 Å². The lowest BCUT2D eigenvalue weighted by molar-refractivity contribution is 0.429. The molecule has 0 aliphatic heterocycles. The SMILES string of the molecule is C=C(C)/C(=C\C=C(/C)N(CCC)C(=C)C)C(=C)/C=C\C. The van der Waals surface area contributed by atoms with Crippen molar-refractivity contribution in [1.29, 1.82) is 0 Å². The third-order valence-corrected chi connectivity index (χ3v) is 3.00. The molecule has 0 radical (unpaired) electrons. The van der Waals surface area contributed by atoms with Crippen molar-refractivity contribution >= 4 is 0 Å². The molecule has 0 amide bonds. The number of rotatable bonds is 8. The van der Waals surface area contributed by atoms with Crippen molar-refractivity contribution in [3.8, 4) is 0 Å². The van der Waals surface area contributed by atoms with Crippen LogP contribution in [0.4, 0.5) is 0 Å². The summed E-state index contributed by atoms with van der Waals surface area (Å²) < 4.78 is 0. The second kappa shape index (κ2) is 9.19. The van der Waals surface area contributed by atoms with Crippen LogP contribution < -0.4 is 0 Å². The third-order valence-electron chi connectivity index (χ3n) is 3.00. The lowest BCUT2D eigenvalue weighted by Gasteiger charge is -2.24. The van der Waals surface area contributed by atoms with Gasteiger partial charge in [-0.3, -0.25) is 0 Å². The molecular weight excluding hydrogens is 242 g/mol. The molecule has 0 spiro atoms. The van der Waals surface area contributed by atoms with E-state index in [1.165, 1.54) is 5.70 Å². The van der Waals surface area contributed by atoms with Gasteiger partial charge in [-0.15, -0.1) is 0 Å². The fourth-order valence-electron chi connectivity index (χ4n) is 2.00. The highest BCUT2D eigenvalue weighted by Crippen LogP contribution is 2.19. The molecule has 0 atom stereocenters. The zero-order chi connectivity index (χ0) is 15.7. The first kappa shape index (κ1) is 18.2. The van der Waals surface area contributed by atoms with Gasteiger partial charge >= 0.3 is 0 Å². The van der Waals surface area contributed by atoms with Gasteiger partial charge in [0.1, 0.15) is 0 Å². The van der Waals surface area contributed by atoms with Crippen molar-refractivity contribution in [1.82, 2.24) is 4.90 Å². The molecule has 0 unspecified atom stereocenters. The zero-order valence-corrected chi connectivity index (χ0v) is 13.8. The van der Waals surface area contributed by atoms with Crippen molar-refractivity contribution in [2.24, 2.45) is 0 Å². The van der Waals surface area contributed by atoms with Crippen molar-refractivity contribution in [2.75, 3.05) is 6.54 Å². The molecule has 1 heteroatoms. The molecule has 0 bridgehead atoms. The van der Waals surface area contributed by atoms with Crippen molar-refractivity contribution in [2.45, 2.75) is 41.0 Å². The van der Waals surface area contributed by atoms with Crippen molar-refractivity contribution < 1.29 is 0 Å². The molecule has 0 aliphatic carbocycles. The van der Waals surface area contributed by atoms with Crippen LogP contribution in [0.2, 0.25) is 0 Å². The molecule has 0 N–H and O–H groups in total. The maximum atomic E-state index is 4.08. The van der Waals surface area contributed by atoms with Gasteiger partial charge in [0.2, 0.25) is 0 Å². The second-order valence-electron chi connectivity index (χ2n) is 5.08. The van der Waals surface area contributed by atoms with E-state index in [1.807, 2.05) is 32.9 Å². The molecule has 1 nitrogen and oxygen atoms in total. The van der Waals surface area contributed by atoms with E-state index in [-0.39, 0.29) is 0 Å². The molecule has 0 fully saturated rings. The van der Waals surface area contributed by atoms with Crippen molar-refractivity contribution in [3.63, 3.8) is 0 Å². The predicted molar refractivity (Wildman–Crippen MR) is 92.4 cm³/mol. The fourth-order valence-corrected chi connectivity index (χ4v) is 2.00. The average molecular weight is 271 g/mol. The number of hydrogen-bond donors (Lipinski definition) is 0. The van der Waals surface area contributed by atoms with E-state index in [1.54, 1.807) is 0 Å². The number of nitrogens with zero attached hydrogens (tertiary/aromatic N) is 1. The minimum atomic E-state index is 0.987. The Balaban J connectivity index is 5.34.